The minimum absolute atomic E-state index is 0.705. The molecule has 1 aliphatic rings. The quantitative estimate of drug-likeness (QED) is 0.895. The SMILES string of the molecule is CCNc1ncc(Br)c(N(C)CC2CCCCC2)n1. The van der Waals surface area contributed by atoms with Crippen LogP contribution in [0.3, 0.4) is 0 Å². The van der Waals surface area contributed by atoms with Gasteiger partial charge in [-0.05, 0) is 41.6 Å². The highest BCUT2D eigenvalue weighted by Gasteiger charge is 2.18. The first-order valence-corrected chi connectivity index (χ1v) is 7.97. The molecule has 1 N–H and O–H groups in total. The lowest BCUT2D eigenvalue weighted by Crippen LogP contribution is -2.28. The van der Waals surface area contributed by atoms with Crippen molar-refractivity contribution in [1.29, 1.82) is 0 Å². The van der Waals surface area contributed by atoms with E-state index in [4.69, 9.17) is 0 Å². The van der Waals surface area contributed by atoms with E-state index in [9.17, 15) is 0 Å². The van der Waals surface area contributed by atoms with Gasteiger partial charge >= 0.3 is 0 Å². The van der Waals surface area contributed by atoms with Crippen LogP contribution in [0.2, 0.25) is 0 Å². The second-order valence-corrected chi connectivity index (χ2v) is 6.13. The number of nitrogens with zero attached hydrogens (tertiary/aromatic N) is 3. The van der Waals surface area contributed by atoms with E-state index >= 15 is 0 Å². The van der Waals surface area contributed by atoms with Crippen LogP contribution in [0.4, 0.5) is 11.8 Å². The topological polar surface area (TPSA) is 41.1 Å². The smallest absolute Gasteiger partial charge is 0.224 e. The van der Waals surface area contributed by atoms with Crippen molar-refractivity contribution in [3.05, 3.63) is 10.7 Å². The molecule has 0 atom stereocenters. The first-order chi connectivity index (χ1) is 9.20. The van der Waals surface area contributed by atoms with Gasteiger partial charge in [-0.2, -0.15) is 4.98 Å². The molecule has 0 aromatic carbocycles. The van der Waals surface area contributed by atoms with E-state index in [0.717, 1.165) is 29.3 Å². The molecule has 1 saturated carbocycles. The molecule has 1 fully saturated rings. The maximum Gasteiger partial charge on any atom is 0.224 e. The van der Waals surface area contributed by atoms with Gasteiger partial charge in [0.2, 0.25) is 5.95 Å². The maximum atomic E-state index is 4.58. The van der Waals surface area contributed by atoms with Gasteiger partial charge in [0.05, 0.1) is 4.47 Å². The number of nitrogens with one attached hydrogen (secondary N) is 1. The van der Waals surface area contributed by atoms with Crippen LogP contribution in [0.5, 0.6) is 0 Å². The monoisotopic (exact) mass is 326 g/mol. The molecular weight excluding hydrogens is 304 g/mol. The number of hydrogen-bond donors (Lipinski definition) is 1. The van der Waals surface area contributed by atoms with E-state index in [1.807, 2.05) is 6.20 Å². The lowest BCUT2D eigenvalue weighted by Gasteiger charge is -2.28. The Kier molecular flexibility index (Phi) is 5.43. The Morgan fingerprint density at radius 3 is 2.79 bits per heavy atom. The first kappa shape index (κ1) is 14.6. The molecule has 1 aromatic rings. The summed E-state index contributed by atoms with van der Waals surface area (Å²) in [5, 5.41) is 3.16. The minimum Gasteiger partial charge on any atom is -0.358 e. The fourth-order valence-electron chi connectivity index (χ4n) is 2.71. The average molecular weight is 327 g/mol. The summed E-state index contributed by atoms with van der Waals surface area (Å²) in [6, 6.07) is 0. The van der Waals surface area contributed by atoms with Crippen LogP contribution in [-0.4, -0.2) is 30.1 Å². The van der Waals surface area contributed by atoms with Crippen molar-refractivity contribution in [3.8, 4) is 0 Å². The Balaban J connectivity index is 2.04. The van der Waals surface area contributed by atoms with Gasteiger partial charge in [0.25, 0.3) is 0 Å². The molecule has 106 valence electrons. The molecule has 1 heterocycles. The van der Waals surface area contributed by atoms with E-state index < -0.39 is 0 Å². The van der Waals surface area contributed by atoms with E-state index in [2.05, 4.69) is 50.1 Å². The molecule has 2 rings (SSSR count). The third-order valence-electron chi connectivity index (χ3n) is 3.68. The standard InChI is InChI=1S/C14H23BrN4/c1-3-16-14-17-9-12(15)13(18-14)19(2)10-11-7-5-4-6-8-11/h9,11H,3-8,10H2,1-2H3,(H,16,17,18). The van der Waals surface area contributed by atoms with E-state index in [-0.39, 0.29) is 0 Å². The lowest BCUT2D eigenvalue weighted by atomic mass is 9.89. The summed E-state index contributed by atoms with van der Waals surface area (Å²) in [6.45, 7) is 3.98. The molecule has 0 aliphatic heterocycles. The predicted octanol–water partition coefficient (Wildman–Crippen LogP) is 3.69. The van der Waals surface area contributed by atoms with Crippen molar-refractivity contribution in [1.82, 2.24) is 9.97 Å². The van der Waals surface area contributed by atoms with Gasteiger partial charge in [-0.3, -0.25) is 0 Å². The van der Waals surface area contributed by atoms with Crippen molar-refractivity contribution >= 4 is 27.7 Å². The summed E-state index contributed by atoms with van der Waals surface area (Å²) in [5.74, 6) is 2.50. The molecule has 1 aromatic heterocycles. The van der Waals surface area contributed by atoms with Gasteiger partial charge in [0.15, 0.2) is 0 Å². The number of aromatic nitrogens is 2. The summed E-state index contributed by atoms with van der Waals surface area (Å²) < 4.78 is 0.965. The molecule has 0 saturated heterocycles. The molecule has 0 unspecified atom stereocenters. The van der Waals surface area contributed by atoms with Crippen LogP contribution < -0.4 is 10.2 Å². The van der Waals surface area contributed by atoms with Crippen LogP contribution in [0.15, 0.2) is 10.7 Å². The number of rotatable bonds is 5. The van der Waals surface area contributed by atoms with Crippen molar-refractivity contribution in [3.63, 3.8) is 0 Å². The Hall–Kier alpha value is -0.840. The summed E-state index contributed by atoms with van der Waals surface area (Å²) >= 11 is 3.55. The fourth-order valence-corrected chi connectivity index (χ4v) is 3.21. The normalized spacial score (nSPS) is 16.4. The van der Waals surface area contributed by atoms with Gasteiger partial charge in [-0.1, -0.05) is 19.3 Å². The Labute approximate surface area is 124 Å². The highest BCUT2D eigenvalue weighted by Crippen LogP contribution is 2.28. The molecule has 4 nitrogen and oxygen atoms in total. The molecular formula is C14H23BrN4. The van der Waals surface area contributed by atoms with Gasteiger partial charge in [-0.25, -0.2) is 4.98 Å². The fraction of sp³-hybridized carbons (Fsp3) is 0.714. The highest BCUT2D eigenvalue weighted by atomic mass is 79.9. The molecule has 0 bridgehead atoms. The number of halogens is 1. The van der Waals surface area contributed by atoms with Crippen LogP contribution in [0.25, 0.3) is 0 Å². The summed E-state index contributed by atoms with van der Waals surface area (Å²) in [6.07, 6.45) is 8.71. The van der Waals surface area contributed by atoms with Crippen molar-refractivity contribution in [2.24, 2.45) is 5.92 Å². The Bertz CT molecular complexity index is 404. The molecule has 1 aliphatic carbocycles. The maximum absolute atomic E-state index is 4.58. The Morgan fingerprint density at radius 2 is 2.11 bits per heavy atom. The van der Waals surface area contributed by atoms with E-state index in [1.165, 1.54) is 32.1 Å². The summed E-state index contributed by atoms with van der Waals surface area (Å²) in [4.78, 5) is 11.1. The Morgan fingerprint density at radius 1 is 1.37 bits per heavy atom. The minimum atomic E-state index is 0.705. The van der Waals surface area contributed by atoms with Crippen molar-refractivity contribution in [2.75, 3.05) is 30.4 Å². The average Bonchev–Trinajstić information content (AvgIpc) is 2.42. The number of anilines is 2. The zero-order chi connectivity index (χ0) is 13.7. The third kappa shape index (κ3) is 4.06. The third-order valence-corrected chi connectivity index (χ3v) is 4.24. The van der Waals surface area contributed by atoms with Crippen molar-refractivity contribution in [2.45, 2.75) is 39.0 Å². The summed E-state index contributed by atoms with van der Waals surface area (Å²) in [7, 11) is 2.12. The zero-order valence-corrected chi connectivity index (χ0v) is 13.4. The van der Waals surface area contributed by atoms with Gasteiger partial charge in [0.1, 0.15) is 5.82 Å². The summed E-state index contributed by atoms with van der Waals surface area (Å²) in [5.41, 5.74) is 0. The predicted molar refractivity (Wildman–Crippen MR) is 83.7 cm³/mol. The molecule has 0 amide bonds. The van der Waals surface area contributed by atoms with E-state index in [1.54, 1.807) is 0 Å². The first-order valence-electron chi connectivity index (χ1n) is 7.18. The molecule has 5 heteroatoms. The highest BCUT2D eigenvalue weighted by molar-refractivity contribution is 9.10. The molecule has 0 spiro atoms. The number of hydrogen-bond acceptors (Lipinski definition) is 4. The van der Waals surface area contributed by atoms with Crippen LogP contribution >= 0.6 is 15.9 Å². The van der Waals surface area contributed by atoms with Crippen LogP contribution in [0, 0.1) is 5.92 Å². The zero-order valence-electron chi connectivity index (χ0n) is 11.8. The van der Waals surface area contributed by atoms with Crippen LogP contribution in [0.1, 0.15) is 39.0 Å². The molecule has 0 radical (unpaired) electrons. The van der Waals surface area contributed by atoms with Gasteiger partial charge < -0.3 is 10.2 Å². The largest absolute Gasteiger partial charge is 0.358 e. The van der Waals surface area contributed by atoms with Gasteiger partial charge in [-0.15, -0.1) is 0 Å². The van der Waals surface area contributed by atoms with E-state index in [0.29, 0.717) is 5.95 Å². The van der Waals surface area contributed by atoms with Crippen LogP contribution in [-0.2, 0) is 0 Å². The lowest BCUT2D eigenvalue weighted by molar-refractivity contribution is 0.361. The van der Waals surface area contributed by atoms with Crippen molar-refractivity contribution < 1.29 is 0 Å². The molecule has 19 heavy (non-hydrogen) atoms. The second kappa shape index (κ2) is 7.08. The van der Waals surface area contributed by atoms with Gasteiger partial charge in [0, 0.05) is 26.3 Å². The second-order valence-electron chi connectivity index (χ2n) is 5.28.